The number of hydrogen-bond donors (Lipinski definition) is 3. The maximum atomic E-state index is 10.5. The number of hydrogen-bond acceptors (Lipinski definition) is 5. The Balaban J connectivity index is 1.52. The maximum absolute atomic E-state index is 10.5. The zero-order valence-corrected chi connectivity index (χ0v) is 11.9. The molecule has 3 rings (SSSR count). The lowest BCUT2D eigenvalue weighted by Crippen LogP contribution is -2.38. The van der Waals surface area contributed by atoms with Crippen molar-refractivity contribution in [3.8, 4) is 0 Å². The molecule has 0 radical (unpaired) electrons. The van der Waals surface area contributed by atoms with E-state index >= 15 is 0 Å². The molecule has 0 aliphatic heterocycles. The van der Waals surface area contributed by atoms with Gasteiger partial charge in [-0.25, -0.2) is 9.97 Å². The van der Waals surface area contributed by atoms with Gasteiger partial charge >= 0.3 is 0 Å². The molecule has 0 spiro atoms. The fraction of sp³-hybridized carbons (Fsp3) is 0.733. The van der Waals surface area contributed by atoms with Gasteiger partial charge in [-0.05, 0) is 31.6 Å². The molecule has 2 aliphatic rings. The molecule has 0 bridgehead atoms. The second-order valence-corrected chi connectivity index (χ2v) is 6.25. The number of anilines is 2. The summed E-state index contributed by atoms with van der Waals surface area (Å²) in [7, 11) is 0. The topological polar surface area (TPSA) is 70.1 Å². The van der Waals surface area contributed by atoms with Crippen LogP contribution in [-0.4, -0.2) is 33.8 Å². The minimum Gasteiger partial charge on any atom is -0.388 e. The molecule has 1 heterocycles. The van der Waals surface area contributed by atoms with E-state index < -0.39 is 5.60 Å². The minimum absolute atomic E-state index is 0.565. The molecular formula is C15H24N4O. The fourth-order valence-corrected chi connectivity index (χ4v) is 2.76. The first-order valence-electron chi connectivity index (χ1n) is 7.76. The van der Waals surface area contributed by atoms with Crippen LogP contribution in [0, 0.1) is 5.92 Å². The van der Waals surface area contributed by atoms with Crippen LogP contribution in [0.1, 0.15) is 44.9 Å². The summed E-state index contributed by atoms with van der Waals surface area (Å²) in [5.74, 6) is 2.48. The summed E-state index contributed by atoms with van der Waals surface area (Å²) in [6.07, 6.45) is 9.49. The van der Waals surface area contributed by atoms with Gasteiger partial charge in [0.1, 0.15) is 18.0 Å². The third-order valence-corrected chi connectivity index (χ3v) is 4.32. The molecule has 0 atom stereocenters. The van der Waals surface area contributed by atoms with E-state index in [4.69, 9.17) is 0 Å². The zero-order valence-electron chi connectivity index (χ0n) is 11.9. The molecule has 5 nitrogen and oxygen atoms in total. The van der Waals surface area contributed by atoms with Crippen molar-refractivity contribution in [3.63, 3.8) is 0 Å². The SMILES string of the molecule is OC1(CNc2cc(NCC3CC3)ncn2)CCCCC1. The monoisotopic (exact) mass is 276 g/mol. The van der Waals surface area contributed by atoms with Crippen LogP contribution in [-0.2, 0) is 0 Å². The first-order valence-corrected chi connectivity index (χ1v) is 7.76. The van der Waals surface area contributed by atoms with E-state index in [1.807, 2.05) is 6.07 Å². The van der Waals surface area contributed by atoms with E-state index in [1.165, 1.54) is 19.3 Å². The van der Waals surface area contributed by atoms with Crippen LogP contribution in [0.4, 0.5) is 11.6 Å². The summed E-state index contributed by atoms with van der Waals surface area (Å²) >= 11 is 0. The maximum Gasteiger partial charge on any atom is 0.131 e. The van der Waals surface area contributed by atoms with Gasteiger partial charge in [0.15, 0.2) is 0 Å². The normalized spacial score (nSPS) is 21.4. The molecule has 0 amide bonds. The van der Waals surface area contributed by atoms with Crippen LogP contribution < -0.4 is 10.6 Å². The third-order valence-electron chi connectivity index (χ3n) is 4.32. The minimum atomic E-state index is -0.565. The van der Waals surface area contributed by atoms with E-state index in [0.717, 1.165) is 49.8 Å². The fourth-order valence-electron chi connectivity index (χ4n) is 2.76. The van der Waals surface area contributed by atoms with Crippen molar-refractivity contribution in [2.45, 2.75) is 50.5 Å². The summed E-state index contributed by atoms with van der Waals surface area (Å²) in [4.78, 5) is 8.45. The largest absolute Gasteiger partial charge is 0.388 e. The van der Waals surface area contributed by atoms with E-state index in [9.17, 15) is 5.11 Å². The molecule has 0 unspecified atom stereocenters. The Bertz CT molecular complexity index is 441. The van der Waals surface area contributed by atoms with Crippen LogP contribution in [0.25, 0.3) is 0 Å². The van der Waals surface area contributed by atoms with Crippen molar-refractivity contribution in [1.82, 2.24) is 9.97 Å². The lowest BCUT2D eigenvalue weighted by atomic mass is 9.85. The Morgan fingerprint density at radius 3 is 2.50 bits per heavy atom. The van der Waals surface area contributed by atoms with Crippen LogP contribution in [0.3, 0.4) is 0 Å². The van der Waals surface area contributed by atoms with Gasteiger partial charge in [-0.3, -0.25) is 0 Å². The molecule has 0 saturated heterocycles. The first kappa shape index (κ1) is 13.6. The Hall–Kier alpha value is -1.36. The predicted octanol–water partition coefficient (Wildman–Crippen LogP) is 2.41. The molecule has 1 aromatic rings. The summed E-state index contributed by atoms with van der Waals surface area (Å²) in [6, 6.07) is 1.93. The molecule has 110 valence electrons. The van der Waals surface area contributed by atoms with Gasteiger partial charge in [0, 0.05) is 19.2 Å². The lowest BCUT2D eigenvalue weighted by molar-refractivity contribution is 0.0166. The summed E-state index contributed by atoms with van der Waals surface area (Å²) in [5.41, 5.74) is -0.565. The third kappa shape index (κ3) is 3.82. The number of aliphatic hydroxyl groups is 1. The second-order valence-electron chi connectivity index (χ2n) is 6.25. The Morgan fingerprint density at radius 2 is 1.80 bits per heavy atom. The molecule has 2 saturated carbocycles. The highest BCUT2D eigenvalue weighted by Crippen LogP contribution is 2.29. The van der Waals surface area contributed by atoms with E-state index in [0.29, 0.717) is 6.54 Å². The van der Waals surface area contributed by atoms with Crippen molar-refractivity contribution in [2.75, 3.05) is 23.7 Å². The van der Waals surface area contributed by atoms with Gasteiger partial charge in [0.25, 0.3) is 0 Å². The first-order chi connectivity index (χ1) is 9.73. The second kappa shape index (κ2) is 5.95. The molecule has 3 N–H and O–H groups in total. The summed E-state index contributed by atoms with van der Waals surface area (Å²) in [5, 5.41) is 17.1. The smallest absolute Gasteiger partial charge is 0.131 e. The molecular weight excluding hydrogens is 252 g/mol. The van der Waals surface area contributed by atoms with E-state index in [2.05, 4.69) is 20.6 Å². The van der Waals surface area contributed by atoms with Crippen molar-refractivity contribution in [1.29, 1.82) is 0 Å². The van der Waals surface area contributed by atoms with Gasteiger partial charge in [-0.1, -0.05) is 19.3 Å². The van der Waals surface area contributed by atoms with Gasteiger partial charge in [-0.2, -0.15) is 0 Å². The zero-order chi connectivity index (χ0) is 13.8. The molecule has 0 aromatic carbocycles. The standard InChI is InChI=1S/C15H24N4O/c20-15(6-2-1-3-7-15)10-17-14-8-13(18-11-19-14)16-9-12-4-5-12/h8,11-12,20H,1-7,9-10H2,(H2,16,17,18,19). The average molecular weight is 276 g/mol. The quantitative estimate of drug-likeness (QED) is 0.744. The highest BCUT2D eigenvalue weighted by molar-refractivity contribution is 5.46. The number of nitrogens with one attached hydrogen (secondary N) is 2. The number of aromatic nitrogens is 2. The highest BCUT2D eigenvalue weighted by atomic mass is 16.3. The lowest BCUT2D eigenvalue weighted by Gasteiger charge is -2.32. The van der Waals surface area contributed by atoms with Crippen molar-refractivity contribution < 1.29 is 5.11 Å². The van der Waals surface area contributed by atoms with Gasteiger partial charge in [0.2, 0.25) is 0 Å². The molecule has 2 aliphatic carbocycles. The molecule has 1 aromatic heterocycles. The molecule has 5 heteroatoms. The van der Waals surface area contributed by atoms with E-state index in [1.54, 1.807) is 6.33 Å². The van der Waals surface area contributed by atoms with Crippen LogP contribution in [0.5, 0.6) is 0 Å². The van der Waals surface area contributed by atoms with Crippen LogP contribution >= 0.6 is 0 Å². The molecule has 20 heavy (non-hydrogen) atoms. The summed E-state index contributed by atoms with van der Waals surface area (Å²) < 4.78 is 0. The van der Waals surface area contributed by atoms with Crippen molar-refractivity contribution >= 4 is 11.6 Å². The predicted molar refractivity (Wildman–Crippen MR) is 79.8 cm³/mol. The van der Waals surface area contributed by atoms with Gasteiger partial charge in [-0.15, -0.1) is 0 Å². The molecule has 2 fully saturated rings. The average Bonchev–Trinajstić information content (AvgIpc) is 3.29. The van der Waals surface area contributed by atoms with Crippen LogP contribution in [0.2, 0.25) is 0 Å². The van der Waals surface area contributed by atoms with Crippen molar-refractivity contribution in [3.05, 3.63) is 12.4 Å². The Morgan fingerprint density at radius 1 is 1.10 bits per heavy atom. The Labute approximate surface area is 120 Å². The van der Waals surface area contributed by atoms with Gasteiger partial charge in [0.05, 0.1) is 5.60 Å². The number of rotatable bonds is 6. The number of nitrogens with zero attached hydrogens (tertiary/aromatic N) is 2. The van der Waals surface area contributed by atoms with E-state index in [-0.39, 0.29) is 0 Å². The van der Waals surface area contributed by atoms with Gasteiger partial charge < -0.3 is 15.7 Å². The van der Waals surface area contributed by atoms with Crippen molar-refractivity contribution in [2.24, 2.45) is 5.92 Å². The summed E-state index contributed by atoms with van der Waals surface area (Å²) in [6.45, 7) is 1.58. The van der Waals surface area contributed by atoms with Crippen LogP contribution in [0.15, 0.2) is 12.4 Å². The Kier molecular flexibility index (Phi) is 4.05. The highest BCUT2D eigenvalue weighted by Gasteiger charge is 2.28.